The highest BCUT2D eigenvalue weighted by atomic mass is 19.4. The van der Waals surface area contributed by atoms with Crippen LogP contribution in [0.15, 0.2) is 24.3 Å². The van der Waals surface area contributed by atoms with Crippen molar-refractivity contribution in [3.63, 3.8) is 0 Å². The van der Waals surface area contributed by atoms with Crippen LogP contribution in [0.3, 0.4) is 0 Å². The molecule has 0 aliphatic carbocycles. The van der Waals surface area contributed by atoms with Gasteiger partial charge >= 0.3 is 6.18 Å². The van der Waals surface area contributed by atoms with E-state index in [0.29, 0.717) is 5.92 Å². The number of alkyl halides is 3. The zero-order valence-corrected chi connectivity index (χ0v) is 18.9. The fraction of sp³-hybridized carbons (Fsp3) is 0.760. The standard InChI is InChI=1S/C25H41F3O/c1-5-7-8-9-10-11-15-22(24(3,4)29-6-2)16-13-12-14-21-17-19-23(20-18-21)25(26,27)28/h17-20,22H,5-16H2,1-4H3. The predicted octanol–water partition coefficient (Wildman–Crippen LogP) is 8.60. The molecule has 0 saturated carbocycles. The molecule has 1 nitrogen and oxygen atoms in total. The van der Waals surface area contributed by atoms with E-state index >= 15 is 0 Å². The first kappa shape index (κ1) is 26.0. The lowest BCUT2D eigenvalue weighted by Gasteiger charge is -2.34. The van der Waals surface area contributed by atoms with E-state index in [2.05, 4.69) is 20.8 Å². The minimum atomic E-state index is -4.26. The Kier molecular flexibility index (Phi) is 11.9. The van der Waals surface area contributed by atoms with Gasteiger partial charge in [-0.1, -0.05) is 64.0 Å². The molecule has 0 saturated heterocycles. The minimum absolute atomic E-state index is 0.119. The summed E-state index contributed by atoms with van der Waals surface area (Å²) in [4.78, 5) is 0. The average Bonchev–Trinajstić information content (AvgIpc) is 2.65. The number of rotatable bonds is 15. The van der Waals surface area contributed by atoms with Crippen LogP contribution in [0.1, 0.15) is 103 Å². The van der Waals surface area contributed by atoms with E-state index < -0.39 is 11.7 Å². The van der Waals surface area contributed by atoms with Gasteiger partial charge in [0.15, 0.2) is 0 Å². The van der Waals surface area contributed by atoms with Crippen molar-refractivity contribution < 1.29 is 17.9 Å². The summed E-state index contributed by atoms with van der Waals surface area (Å²) in [5.74, 6) is 0.529. The molecule has 1 rings (SSSR count). The Bertz CT molecular complexity index is 534. The molecule has 0 aliphatic heterocycles. The molecule has 1 unspecified atom stereocenters. The highest BCUT2D eigenvalue weighted by molar-refractivity contribution is 5.24. The largest absolute Gasteiger partial charge is 0.416 e. The van der Waals surface area contributed by atoms with E-state index in [-0.39, 0.29) is 5.60 Å². The monoisotopic (exact) mass is 414 g/mol. The Morgan fingerprint density at radius 3 is 1.90 bits per heavy atom. The Labute approximate surface area is 176 Å². The number of unbranched alkanes of at least 4 members (excludes halogenated alkanes) is 6. The molecule has 0 bridgehead atoms. The molecule has 0 amide bonds. The number of hydrogen-bond donors (Lipinski definition) is 0. The Morgan fingerprint density at radius 1 is 0.793 bits per heavy atom. The molecular formula is C25H41F3O. The molecule has 0 heterocycles. The van der Waals surface area contributed by atoms with Gasteiger partial charge in [-0.15, -0.1) is 0 Å². The van der Waals surface area contributed by atoms with Crippen molar-refractivity contribution in [1.82, 2.24) is 0 Å². The SMILES string of the molecule is CCCCCCCCC(CCCCc1ccc(C(F)(F)F)cc1)C(C)(C)OCC. The van der Waals surface area contributed by atoms with Crippen LogP contribution in [0.2, 0.25) is 0 Å². The molecule has 0 fully saturated rings. The Balaban J connectivity index is 2.44. The Morgan fingerprint density at radius 2 is 1.34 bits per heavy atom. The third kappa shape index (κ3) is 10.5. The summed E-state index contributed by atoms with van der Waals surface area (Å²) in [5, 5.41) is 0. The van der Waals surface area contributed by atoms with Crippen LogP contribution in [0.25, 0.3) is 0 Å². The van der Waals surface area contributed by atoms with Gasteiger partial charge in [-0.25, -0.2) is 0 Å². The van der Waals surface area contributed by atoms with Crippen LogP contribution < -0.4 is 0 Å². The summed E-state index contributed by atoms with van der Waals surface area (Å²) < 4.78 is 44.0. The van der Waals surface area contributed by atoms with E-state index in [1.807, 2.05) is 6.92 Å². The molecule has 1 aromatic rings. The molecule has 0 aromatic heterocycles. The number of benzene rings is 1. The van der Waals surface area contributed by atoms with Crippen molar-refractivity contribution in [2.45, 2.75) is 110 Å². The molecule has 0 N–H and O–H groups in total. The zero-order valence-electron chi connectivity index (χ0n) is 18.9. The second-order valence-electron chi connectivity index (χ2n) is 8.73. The lowest BCUT2D eigenvalue weighted by atomic mass is 9.82. The van der Waals surface area contributed by atoms with Crippen LogP contribution in [0.4, 0.5) is 13.2 Å². The molecule has 1 aromatic carbocycles. The summed E-state index contributed by atoms with van der Waals surface area (Å²) in [6.07, 6.45) is 8.78. The van der Waals surface area contributed by atoms with E-state index in [1.54, 1.807) is 12.1 Å². The van der Waals surface area contributed by atoms with Crippen molar-refractivity contribution in [2.75, 3.05) is 6.61 Å². The fourth-order valence-electron chi connectivity index (χ4n) is 4.08. The van der Waals surface area contributed by atoms with Gasteiger partial charge in [-0.05, 0) is 70.1 Å². The Hall–Kier alpha value is -1.03. The van der Waals surface area contributed by atoms with Gasteiger partial charge in [0, 0.05) is 6.61 Å². The van der Waals surface area contributed by atoms with E-state index in [9.17, 15) is 13.2 Å². The quantitative estimate of drug-likeness (QED) is 0.261. The van der Waals surface area contributed by atoms with Gasteiger partial charge in [0.2, 0.25) is 0 Å². The van der Waals surface area contributed by atoms with Crippen molar-refractivity contribution in [3.8, 4) is 0 Å². The maximum atomic E-state index is 12.7. The smallest absolute Gasteiger partial charge is 0.376 e. The molecule has 0 radical (unpaired) electrons. The maximum absolute atomic E-state index is 12.7. The third-order valence-corrected chi connectivity index (χ3v) is 5.95. The number of ether oxygens (including phenoxy) is 1. The molecule has 29 heavy (non-hydrogen) atoms. The predicted molar refractivity (Wildman–Crippen MR) is 116 cm³/mol. The highest BCUT2D eigenvalue weighted by Gasteiger charge is 2.30. The summed E-state index contributed by atoms with van der Waals surface area (Å²) in [6.45, 7) is 9.42. The van der Waals surface area contributed by atoms with E-state index in [1.165, 1.54) is 57.1 Å². The third-order valence-electron chi connectivity index (χ3n) is 5.95. The van der Waals surface area contributed by atoms with Crippen LogP contribution in [-0.2, 0) is 17.3 Å². The first-order valence-corrected chi connectivity index (χ1v) is 11.5. The van der Waals surface area contributed by atoms with Crippen LogP contribution >= 0.6 is 0 Å². The molecular weight excluding hydrogens is 373 g/mol. The summed E-state index contributed by atoms with van der Waals surface area (Å²) in [7, 11) is 0. The normalized spacial score (nSPS) is 13.6. The second-order valence-corrected chi connectivity index (χ2v) is 8.73. The zero-order chi connectivity index (χ0) is 21.8. The van der Waals surface area contributed by atoms with E-state index in [0.717, 1.165) is 37.9 Å². The molecule has 4 heteroatoms. The summed E-state index contributed by atoms with van der Waals surface area (Å²) in [6, 6.07) is 5.60. The summed E-state index contributed by atoms with van der Waals surface area (Å²) in [5.41, 5.74) is 0.292. The number of aryl methyl sites for hydroxylation is 1. The van der Waals surface area contributed by atoms with Gasteiger partial charge in [-0.2, -0.15) is 13.2 Å². The van der Waals surface area contributed by atoms with Gasteiger partial charge in [0.25, 0.3) is 0 Å². The molecule has 0 spiro atoms. The second kappa shape index (κ2) is 13.3. The van der Waals surface area contributed by atoms with Crippen molar-refractivity contribution in [3.05, 3.63) is 35.4 Å². The highest BCUT2D eigenvalue weighted by Crippen LogP contribution is 2.32. The lowest BCUT2D eigenvalue weighted by molar-refractivity contribution is -0.137. The van der Waals surface area contributed by atoms with Gasteiger partial charge in [0.1, 0.15) is 0 Å². The van der Waals surface area contributed by atoms with Gasteiger partial charge in [-0.3, -0.25) is 0 Å². The van der Waals surface area contributed by atoms with Crippen molar-refractivity contribution in [1.29, 1.82) is 0 Å². The lowest BCUT2D eigenvalue weighted by Crippen LogP contribution is -2.34. The number of halogens is 3. The van der Waals surface area contributed by atoms with Crippen molar-refractivity contribution >= 4 is 0 Å². The first-order valence-electron chi connectivity index (χ1n) is 11.5. The fourth-order valence-corrected chi connectivity index (χ4v) is 4.08. The minimum Gasteiger partial charge on any atom is -0.376 e. The van der Waals surface area contributed by atoms with Crippen LogP contribution in [-0.4, -0.2) is 12.2 Å². The van der Waals surface area contributed by atoms with Crippen molar-refractivity contribution in [2.24, 2.45) is 5.92 Å². The van der Waals surface area contributed by atoms with Gasteiger partial charge < -0.3 is 4.74 Å². The first-order chi connectivity index (χ1) is 13.7. The average molecular weight is 415 g/mol. The number of hydrogen-bond acceptors (Lipinski definition) is 1. The van der Waals surface area contributed by atoms with E-state index in [4.69, 9.17) is 4.74 Å². The molecule has 168 valence electrons. The maximum Gasteiger partial charge on any atom is 0.416 e. The van der Waals surface area contributed by atoms with Crippen LogP contribution in [0, 0.1) is 5.92 Å². The molecule has 1 atom stereocenters. The topological polar surface area (TPSA) is 9.23 Å². The molecule has 0 aliphatic rings. The summed E-state index contributed by atoms with van der Waals surface area (Å²) >= 11 is 0. The van der Waals surface area contributed by atoms with Crippen LogP contribution in [0.5, 0.6) is 0 Å². The van der Waals surface area contributed by atoms with Gasteiger partial charge in [0.05, 0.1) is 11.2 Å².